The average Bonchev–Trinajstić information content (AvgIpc) is 3.21. The molecule has 2 fully saturated rings. The third kappa shape index (κ3) is 4.19. The first-order chi connectivity index (χ1) is 10.1. The Labute approximate surface area is 135 Å². The highest BCUT2D eigenvalue weighted by Gasteiger charge is 2.30. The van der Waals surface area contributed by atoms with E-state index < -0.39 is 6.10 Å². The molecule has 0 spiro atoms. The number of halogens is 1. The molecule has 2 unspecified atom stereocenters. The number of amides is 2. The van der Waals surface area contributed by atoms with Gasteiger partial charge in [0.1, 0.15) is 0 Å². The summed E-state index contributed by atoms with van der Waals surface area (Å²) in [6.07, 6.45) is 1.87. The number of aliphatic hydroxyl groups excluding tert-OH is 1. The molecule has 3 rings (SSSR count). The molecule has 1 heterocycles. The molecule has 2 aliphatic rings. The topological polar surface area (TPSA) is 90.5 Å². The number of carbonyl (C=O) groups is 2. The van der Waals surface area contributed by atoms with Gasteiger partial charge in [0.15, 0.2) is 0 Å². The van der Waals surface area contributed by atoms with E-state index in [1.807, 2.05) is 0 Å². The summed E-state index contributed by atoms with van der Waals surface area (Å²) >= 11 is 0. The van der Waals surface area contributed by atoms with E-state index in [1.54, 1.807) is 24.3 Å². The van der Waals surface area contributed by atoms with Gasteiger partial charge < -0.3 is 21.1 Å². The Bertz CT molecular complexity index is 563. The second-order valence-corrected chi connectivity index (χ2v) is 5.68. The zero-order valence-corrected chi connectivity index (χ0v) is 12.9. The van der Waals surface area contributed by atoms with Crippen molar-refractivity contribution in [2.45, 2.75) is 31.4 Å². The third-order valence-corrected chi connectivity index (χ3v) is 3.77. The predicted molar refractivity (Wildman–Crippen MR) is 86.1 cm³/mol. The van der Waals surface area contributed by atoms with Crippen molar-refractivity contribution in [2.24, 2.45) is 5.92 Å². The van der Waals surface area contributed by atoms with Crippen molar-refractivity contribution in [3.63, 3.8) is 0 Å². The summed E-state index contributed by atoms with van der Waals surface area (Å²) in [6, 6.07) is 6.73. The smallest absolute Gasteiger partial charge is 0.241 e. The van der Waals surface area contributed by atoms with Crippen molar-refractivity contribution in [3.05, 3.63) is 24.3 Å². The van der Waals surface area contributed by atoms with Crippen molar-refractivity contribution >= 4 is 35.6 Å². The molecule has 1 saturated carbocycles. The number of rotatable bonds is 4. The van der Waals surface area contributed by atoms with Gasteiger partial charge in [-0.15, -0.1) is 12.4 Å². The van der Waals surface area contributed by atoms with Gasteiger partial charge in [0.25, 0.3) is 0 Å². The van der Waals surface area contributed by atoms with Gasteiger partial charge in [-0.1, -0.05) is 6.07 Å². The first-order valence-electron chi connectivity index (χ1n) is 7.25. The van der Waals surface area contributed by atoms with Crippen LogP contribution in [0.3, 0.4) is 0 Å². The van der Waals surface area contributed by atoms with Gasteiger partial charge in [0.2, 0.25) is 11.8 Å². The third-order valence-electron chi connectivity index (χ3n) is 3.77. The first-order valence-corrected chi connectivity index (χ1v) is 7.25. The van der Waals surface area contributed by atoms with E-state index in [1.165, 1.54) is 0 Å². The molecule has 2 amide bonds. The highest BCUT2D eigenvalue weighted by Crippen LogP contribution is 2.30. The minimum Gasteiger partial charge on any atom is -0.392 e. The normalized spacial score (nSPS) is 23.5. The predicted octanol–water partition coefficient (Wildman–Crippen LogP) is 1.12. The minimum atomic E-state index is -0.468. The van der Waals surface area contributed by atoms with Crippen molar-refractivity contribution in [1.29, 1.82) is 0 Å². The molecular weight excluding hydrogens is 306 g/mol. The lowest BCUT2D eigenvalue weighted by molar-refractivity contribution is -0.118. The van der Waals surface area contributed by atoms with Crippen LogP contribution in [0.15, 0.2) is 24.3 Å². The molecule has 1 aliphatic heterocycles. The van der Waals surface area contributed by atoms with Gasteiger partial charge in [-0.2, -0.15) is 0 Å². The quantitative estimate of drug-likeness (QED) is 0.667. The molecule has 1 saturated heterocycles. The van der Waals surface area contributed by atoms with Crippen LogP contribution in [0.1, 0.15) is 19.3 Å². The first kappa shape index (κ1) is 16.7. The molecule has 7 heteroatoms. The maximum atomic E-state index is 12.0. The molecule has 6 nitrogen and oxygen atoms in total. The summed E-state index contributed by atoms with van der Waals surface area (Å²) in [5, 5.41) is 18.0. The van der Waals surface area contributed by atoms with E-state index in [9.17, 15) is 14.7 Å². The van der Waals surface area contributed by atoms with Gasteiger partial charge in [-0.25, -0.2) is 0 Å². The van der Waals surface area contributed by atoms with Crippen LogP contribution in [0.5, 0.6) is 0 Å². The molecule has 22 heavy (non-hydrogen) atoms. The highest BCUT2D eigenvalue weighted by molar-refractivity contribution is 5.97. The Hall–Kier alpha value is -1.63. The zero-order chi connectivity index (χ0) is 14.8. The summed E-state index contributed by atoms with van der Waals surface area (Å²) in [5.74, 6) is 0.0173. The molecule has 0 radical (unpaired) electrons. The second-order valence-electron chi connectivity index (χ2n) is 5.68. The van der Waals surface area contributed by atoms with E-state index in [0.717, 1.165) is 12.8 Å². The number of anilines is 2. The molecular formula is C15H20ClN3O3. The maximum absolute atomic E-state index is 12.0. The standard InChI is InChI=1S/C15H19N3O3.ClH/c19-12-7-13(16-8-12)15(21)18-11-3-1-2-10(6-11)17-14(20)9-4-5-9;/h1-3,6,9,12-13,16,19H,4-5,7-8H2,(H,17,20)(H,18,21);1H. The lowest BCUT2D eigenvalue weighted by Crippen LogP contribution is -2.35. The molecule has 0 bridgehead atoms. The van der Waals surface area contributed by atoms with Crippen molar-refractivity contribution in [3.8, 4) is 0 Å². The Morgan fingerprint density at radius 2 is 1.77 bits per heavy atom. The van der Waals surface area contributed by atoms with Crippen molar-refractivity contribution in [2.75, 3.05) is 17.2 Å². The Morgan fingerprint density at radius 1 is 1.14 bits per heavy atom. The summed E-state index contributed by atoms with van der Waals surface area (Å²) < 4.78 is 0. The molecule has 1 aromatic carbocycles. The van der Waals surface area contributed by atoms with Gasteiger partial charge in [0, 0.05) is 23.8 Å². The van der Waals surface area contributed by atoms with Crippen LogP contribution in [0.4, 0.5) is 11.4 Å². The van der Waals surface area contributed by atoms with Gasteiger partial charge >= 0.3 is 0 Å². The Morgan fingerprint density at radius 3 is 2.32 bits per heavy atom. The molecule has 4 N–H and O–H groups in total. The number of hydrogen-bond donors (Lipinski definition) is 4. The van der Waals surface area contributed by atoms with E-state index in [0.29, 0.717) is 24.3 Å². The molecule has 120 valence electrons. The number of carbonyl (C=O) groups excluding carboxylic acids is 2. The van der Waals surface area contributed by atoms with Crippen molar-refractivity contribution in [1.82, 2.24) is 5.32 Å². The van der Waals surface area contributed by atoms with Gasteiger partial charge in [-0.3, -0.25) is 9.59 Å². The van der Waals surface area contributed by atoms with E-state index >= 15 is 0 Å². The fourth-order valence-corrected chi connectivity index (χ4v) is 2.41. The van der Waals surface area contributed by atoms with Crippen LogP contribution < -0.4 is 16.0 Å². The maximum Gasteiger partial charge on any atom is 0.241 e. The summed E-state index contributed by atoms with van der Waals surface area (Å²) in [4.78, 5) is 23.8. The fourth-order valence-electron chi connectivity index (χ4n) is 2.41. The van der Waals surface area contributed by atoms with Crippen LogP contribution in [0, 0.1) is 5.92 Å². The number of β-amino-alcohol motifs (C(OH)–C–C–N with tert-alkyl or cyclic N) is 1. The number of aliphatic hydroxyl groups is 1. The van der Waals surface area contributed by atoms with Crippen molar-refractivity contribution < 1.29 is 14.7 Å². The minimum absolute atomic E-state index is 0. The molecule has 1 aliphatic carbocycles. The summed E-state index contributed by atoms with van der Waals surface area (Å²) in [7, 11) is 0. The second kappa shape index (κ2) is 7.09. The number of benzene rings is 1. The molecule has 2 atom stereocenters. The highest BCUT2D eigenvalue weighted by atomic mass is 35.5. The van der Waals surface area contributed by atoms with E-state index in [4.69, 9.17) is 0 Å². The van der Waals surface area contributed by atoms with Crippen LogP contribution in [0.2, 0.25) is 0 Å². The van der Waals surface area contributed by atoms with Gasteiger partial charge in [-0.05, 0) is 37.5 Å². The van der Waals surface area contributed by atoms with Crippen LogP contribution in [-0.4, -0.2) is 35.6 Å². The van der Waals surface area contributed by atoms with E-state index in [-0.39, 0.29) is 36.2 Å². The van der Waals surface area contributed by atoms with Crippen LogP contribution in [0.25, 0.3) is 0 Å². The van der Waals surface area contributed by atoms with Crippen LogP contribution in [-0.2, 0) is 9.59 Å². The average molecular weight is 326 g/mol. The lowest BCUT2D eigenvalue weighted by Gasteiger charge is -2.12. The van der Waals surface area contributed by atoms with E-state index in [2.05, 4.69) is 16.0 Å². The van der Waals surface area contributed by atoms with Gasteiger partial charge in [0.05, 0.1) is 12.1 Å². The fraction of sp³-hybridized carbons (Fsp3) is 0.467. The summed E-state index contributed by atoms with van der Waals surface area (Å²) in [6.45, 7) is 0.440. The largest absolute Gasteiger partial charge is 0.392 e. The summed E-state index contributed by atoms with van der Waals surface area (Å²) in [5.41, 5.74) is 1.32. The zero-order valence-electron chi connectivity index (χ0n) is 12.0. The molecule has 0 aromatic heterocycles. The number of nitrogens with one attached hydrogen (secondary N) is 3. The SMILES string of the molecule is Cl.O=C(Nc1cccc(NC(=O)C2CC(O)CN2)c1)C1CC1. The monoisotopic (exact) mass is 325 g/mol. The Kier molecular flexibility index (Phi) is 5.39. The lowest BCUT2D eigenvalue weighted by atomic mass is 10.2. The van der Waals surface area contributed by atoms with Crippen LogP contribution >= 0.6 is 12.4 Å². The number of hydrogen-bond acceptors (Lipinski definition) is 4. The Balaban J connectivity index is 0.00000176. The molecule has 1 aromatic rings.